The molecule has 2 N–H and O–H groups in total. The smallest absolute Gasteiger partial charge is 0.452 e. The van der Waals surface area contributed by atoms with Crippen LogP contribution in [0.4, 0.5) is 18.3 Å². The zero-order valence-electron chi connectivity index (χ0n) is 8.76. The molecule has 1 aromatic heterocycles. The van der Waals surface area contributed by atoms with Crippen molar-refractivity contribution in [1.82, 2.24) is 9.36 Å². The molecule has 2 unspecified atom stereocenters. The number of β-amino-alcohol motifs (C(OH)–C–C–N with tert-alkyl or cyclic N) is 1. The first-order chi connectivity index (χ1) is 8.29. The van der Waals surface area contributed by atoms with Gasteiger partial charge in [-0.2, -0.15) is 22.5 Å². The summed E-state index contributed by atoms with van der Waals surface area (Å²) in [6, 6.07) is -1.07. The molecule has 2 atom stereocenters. The van der Waals surface area contributed by atoms with Crippen molar-refractivity contribution in [2.75, 3.05) is 11.4 Å². The predicted octanol–water partition coefficient (Wildman–Crippen LogP) is 0.581. The van der Waals surface area contributed by atoms with Crippen molar-refractivity contribution in [2.24, 2.45) is 0 Å². The molecule has 0 aromatic carbocycles. The highest BCUT2D eigenvalue weighted by atomic mass is 32.1. The Hall–Kier alpha value is -1.42. The Balaban J connectivity index is 2.25. The van der Waals surface area contributed by atoms with E-state index in [0.29, 0.717) is 11.5 Å². The Morgan fingerprint density at radius 3 is 2.67 bits per heavy atom. The van der Waals surface area contributed by atoms with Gasteiger partial charge in [0, 0.05) is 24.5 Å². The average Bonchev–Trinajstić information content (AvgIpc) is 2.81. The fraction of sp³-hybridized carbons (Fsp3) is 0.625. The van der Waals surface area contributed by atoms with Gasteiger partial charge in [0.05, 0.1) is 6.10 Å². The third-order valence-corrected chi connectivity index (χ3v) is 3.23. The van der Waals surface area contributed by atoms with Gasteiger partial charge in [0.1, 0.15) is 6.04 Å². The molecule has 1 aromatic rings. The molecule has 100 valence electrons. The van der Waals surface area contributed by atoms with Gasteiger partial charge in [-0.15, -0.1) is 0 Å². The predicted molar refractivity (Wildman–Crippen MR) is 54.3 cm³/mol. The lowest BCUT2D eigenvalue weighted by atomic mass is 10.2. The normalized spacial score (nSPS) is 24.6. The highest BCUT2D eigenvalue weighted by Gasteiger charge is 2.41. The minimum Gasteiger partial charge on any atom is -0.480 e. The molecule has 6 nitrogen and oxygen atoms in total. The summed E-state index contributed by atoms with van der Waals surface area (Å²) >= 11 is 0.467. The van der Waals surface area contributed by atoms with Crippen LogP contribution in [0.25, 0.3) is 0 Å². The van der Waals surface area contributed by atoms with Gasteiger partial charge in [-0.05, 0) is 0 Å². The van der Waals surface area contributed by atoms with Crippen molar-refractivity contribution >= 4 is 22.6 Å². The SMILES string of the molecule is O=C(O)C1CC(O)CN1c1nc(C(F)(F)F)ns1. The van der Waals surface area contributed by atoms with Crippen LogP contribution in [-0.2, 0) is 11.0 Å². The maximum atomic E-state index is 12.3. The van der Waals surface area contributed by atoms with E-state index in [1.807, 2.05) is 0 Å². The summed E-state index contributed by atoms with van der Waals surface area (Å²) in [7, 11) is 0. The van der Waals surface area contributed by atoms with E-state index in [9.17, 15) is 23.1 Å². The van der Waals surface area contributed by atoms with Gasteiger partial charge in [-0.25, -0.2) is 4.79 Å². The molecule has 0 radical (unpaired) electrons. The third-order valence-electron chi connectivity index (χ3n) is 2.48. The molecule has 1 aliphatic heterocycles. The minimum atomic E-state index is -4.66. The lowest BCUT2D eigenvalue weighted by molar-refractivity contribution is -0.144. The van der Waals surface area contributed by atoms with Crippen LogP contribution in [0.3, 0.4) is 0 Å². The summed E-state index contributed by atoms with van der Waals surface area (Å²) in [5, 5.41) is 18.1. The first-order valence-corrected chi connectivity index (χ1v) is 5.65. The second kappa shape index (κ2) is 4.35. The molecule has 18 heavy (non-hydrogen) atoms. The van der Waals surface area contributed by atoms with Gasteiger partial charge in [0.15, 0.2) is 0 Å². The molecule has 0 bridgehead atoms. The molecule has 1 aliphatic rings. The maximum Gasteiger partial charge on any atom is 0.452 e. The average molecular weight is 283 g/mol. The number of carbonyl (C=O) groups is 1. The fourth-order valence-electron chi connectivity index (χ4n) is 1.71. The second-order valence-electron chi connectivity index (χ2n) is 3.79. The van der Waals surface area contributed by atoms with E-state index >= 15 is 0 Å². The molecular weight excluding hydrogens is 275 g/mol. The standard InChI is InChI=1S/C8H8F3N3O3S/c9-8(10,11)6-12-7(18-13-6)14-2-3(15)1-4(14)5(16)17/h3-4,15H,1-2H2,(H,16,17). The zero-order valence-corrected chi connectivity index (χ0v) is 9.57. The highest BCUT2D eigenvalue weighted by molar-refractivity contribution is 7.09. The van der Waals surface area contributed by atoms with Crippen LogP contribution in [-0.4, -0.2) is 44.2 Å². The summed E-state index contributed by atoms with van der Waals surface area (Å²) in [5.74, 6) is -2.51. The van der Waals surface area contributed by atoms with E-state index in [-0.39, 0.29) is 18.1 Å². The number of hydrogen-bond acceptors (Lipinski definition) is 6. The highest BCUT2D eigenvalue weighted by Crippen LogP contribution is 2.33. The van der Waals surface area contributed by atoms with E-state index in [1.54, 1.807) is 0 Å². The summed E-state index contributed by atoms with van der Waals surface area (Å²) in [6.07, 6.45) is -5.61. The second-order valence-corrected chi connectivity index (χ2v) is 4.52. The number of carboxylic acid groups (broad SMARTS) is 1. The van der Waals surface area contributed by atoms with Gasteiger partial charge in [0.2, 0.25) is 11.0 Å². The Morgan fingerprint density at radius 1 is 1.50 bits per heavy atom. The first-order valence-electron chi connectivity index (χ1n) is 4.87. The Morgan fingerprint density at radius 2 is 2.17 bits per heavy atom. The van der Waals surface area contributed by atoms with E-state index < -0.39 is 30.1 Å². The van der Waals surface area contributed by atoms with Crippen LogP contribution in [0, 0.1) is 0 Å². The van der Waals surface area contributed by atoms with Crippen molar-refractivity contribution in [3.63, 3.8) is 0 Å². The number of aromatic nitrogens is 2. The maximum absolute atomic E-state index is 12.3. The number of aliphatic hydroxyl groups is 1. The molecule has 0 saturated carbocycles. The van der Waals surface area contributed by atoms with Crippen molar-refractivity contribution in [3.8, 4) is 0 Å². The van der Waals surface area contributed by atoms with Gasteiger partial charge in [-0.1, -0.05) is 0 Å². The number of anilines is 1. The van der Waals surface area contributed by atoms with Gasteiger partial charge < -0.3 is 15.1 Å². The topological polar surface area (TPSA) is 86.5 Å². The van der Waals surface area contributed by atoms with Crippen molar-refractivity contribution in [2.45, 2.75) is 24.7 Å². The minimum absolute atomic E-state index is 0.0454. The Kier molecular flexibility index (Phi) is 3.15. The number of halogens is 3. The third kappa shape index (κ3) is 2.38. The van der Waals surface area contributed by atoms with Crippen LogP contribution in [0.5, 0.6) is 0 Å². The van der Waals surface area contributed by atoms with Gasteiger partial charge in [-0.3, -0.25) is 0 Å². The Labute approximate surface area is 103 Å². The molecule has 0 aliphatic carbocycles. The Bertz CT molecular complexity index is 464. The van der Waals surface area contributed by atoms with E-state index in [4.69, 9.17) is 5.11 Å². The molecule has 1 fully saturated rings. The quantitative estimate of drug-likeness (QED) is 0.825. The van der Waals surface area contributed by atoms with E-state index in [1.165, 1.54) is 0 Å². The molecule has 10 heteroatoms. The van der Waals surface area contributed by atoms with Crippen molar-refractivity contribution < 1.29 is 28.2 Å². The molecule has 2 heterocycles. The summed E-state index contributed by atoms with van der Waals surface area (Å²) in [6.45, 7) is -0.0660. The molecule has 0 spiro atoms. The van der Waals surface area contributed by atoms with Crippen molar-refractivity contribution in [1.29, 1.82) is 0 Å². The van der Waals surface area contributed by atoms with Crippen LogP contribution >= 0.6 is 11.5 Å². The molecule has 2 rings (SSSR count). The summed E-state index contributed by atoms with van der Waals surface area (Å²) in [4.78, 5) is 15.3. The van der Waals surface area contributed by atoms with Crippen LogP contribution in [0.2, 0.25) is 0 Å². The summed E-state index contributed by atoms with van der Waals surface area (Å²) in [5.41, 5.74) is 0. The number of carboxylic acids is 1. The number of nitrogens with zero attached hydrogens (tertiary/aromatic N) is 3. The van der Waals surface area contributed by atoms with E-state index in [0.717, 1.165) is 4.90 Å². The number of aliphatic carboxylic acids is 1. The van der Waals surface area contributed by atoms with Crippen LogP contribution in [0.1, 0.15) is 12.2 Å². The monoisotopic (exact) mass is 283 g/mol. The largest absolute Gasteiger partial charge is 0.480 e. The first kappa shape index (κ1) is 13.0. The zero-order chi connectivity index (χ0) is 13.5. The lowest BCUT2D eigenvalue weighted by Crippen LogP contribution is -2.36. The van der Waals surface area contributed by atoms with Crippen molar-refractivity contribution in [3.05, 3.63) is 5.82 Å². The molecular formula is C8H8F3N3O3S. The van der Waals surface area contributed by atoms with E-state index in [2.05, 4.69) is 9.36 Å². The number of rotatable bonds is 2. The lowest BCUT2D eigenvalue weighted by Gasteiger charge is -2.18. The number of aliphatic hydroxyl groups excluding tert-OH is 1. The number of alkyl halides is 3. The summed E-state index contributed by atoms with van der Waals surface area (Å²) < 4.78 is 40.1. The molecule has 0 amide bonds. The van der Waals surface area contributed by atoms with Gasteiger partial charge >= 0.3 is 12.1 Å². The van der Waals surface area contributed by atoms with Gasteiger partial charge in [0.25, 0.3) is 0 Å². The molecule has 1 saturated heterocycles. The number of hydrogen-bond donors (Lipinski definition) is 2. The fourth-order valence-corrected chi connectivity index (χ4v) is 2.45. The van der Waals surface area contributed by atoms with Crippen LogP contribution in [0.15, 0.2) is 0 Å². The van der Waals surface area contributed by atoms with Crippen LogP contribution < -0.4 is 4.90 Å².